The van der Waals surface area contributed by atoms with Crippen LogP contribution >= 0.6 is 10.0 Å². The van der Waals surface area contributed by atoms with Gasteiger partial charge < -0.3 is 0 Å². The Kier molecular flexibility index (Phi) is 1.32. The SMILES string of the molecule is CS(C)(C)C1CC1(F)F. The molecule has 0 aromatic heterocycles. The lowest BCUT2D eigenvalue weighted by molar-refractivity contribution is 0.122. The first-order valence-corrected chi connectivity index (χ1v) is 5.81. The fourth-order valence-corrected chi connectivity index (χ4v) is 2.71. The van der Waals surface area contributed by atoms with Gasteiger partial charge >= 0.3 is 0 Å². The van der Waals surface area contributed by atoms with Gasteiger partial charge in [-0.3, -0.25) is 0 Å². The number of alkyl halides is 2. The smallest absolute Gasteiger partial charge is 0.241 e. The van der Waals surface area contributed by atoms with Crippen LogP contribution < -0.4 is 0 Å². The lowest BCUT2D eigenvalue weighted by Gasteiger charge is -2.24. The first-order valence-electron chi connectivity index (χ1n) is 2.89. The van der Waals surface area contributed by atoms with Crippen molar-refractivity contribution in [1.82, 2.24) is 0 Å². The van der Waals surface area contributed by atoms with E-state index in [1.54, 1.807) is 0 Å². The molecule has 0 heterocycles. The monoisotopic (exact) mass is 154 g/mol. The molecule has 1 fully saturated rings. The number of rotatable bonds is 1. The lowest BCUT2D eigenvalue weighted by Crippen LogP contribution is -2.06. The normalized spacial score (nSPS) is 34.1. The maximum absolute atomic E-state index is 12.3. The van der Waals surface area contributed by atoms with Crippen LogP contribution in [0.4, 0.5) is 8.78 Å². The van der Waals surface area contributed by atoms with Crippen molar-refractivity contribution in [3.63, 3.8) is 0 Å². The van der Waals surface area contributed by atoms with E-state index in [1.807, 2.05) is 18.8 Å². The summed E-state index contributed by atoms with van der Waals surface area (Å²) >= 11 is 0. The van der Waals surface area contributed by atoms with Gasteiger partial charge in [0.25, 0.3) is 5.92 Å². The molecule has 0 N–H and O–H groups in total. The zero-order chi connectivity index (χ0) is 7.28. The van der Waals surface area contributed by atoms with E-state index in [2.05, 4.69) is 0 Å². The predicted octanol–water partition coefficient (Wildman–Crippen LogP) is 2.09. The van der Waals surface area contributed by atoms with Crippen molar-refractivity contribution >= 4 is 10.0 Å². The highest BCUT2D eigenvalue weighted by molar-refractivity contribution is 8.32. The summed E-state index contributed by atoms with van der Waals surface area (Å²) in [4.78, 5) is 0. The third-order valence-electron chi connectivity index (χ3n) is 1.62. The minimum atomic E-state index is -2.31. The molecule has 0 aromatic carbocycles. The summed E-state index contributed by atoms with van der Waals surface area (Å²) in [6, 6.07) is 0. The summed E-state index contributed by atoms with van der Waals surface area (Å²) in [7, 11) is -0.987. The van der Waals surface area contributed by atoms with Gasteiger partial charge in [-0.15, -0.1) is 0 Å². The minimum Gasteiger partial charge on any atom is -0.241 e. The molecule has 1 aliphatic rings. The Morgan fingerprint density at radius 2 is 1.67 bits per heavy atom. The Balaban J connectivity index is 2.52. The maximum Gasteiger partial charge on any atom is 0.259 e. The Morgan fingerprint density at radius 1 is 1.33 bits per heavy atom. The number of hydrogen-bond donors (Lipinski definition) is 0. The molecule has 0 radical (unpaired) electrons. The van der Waals surface area contributed by atoms with Crippen LogP contribution in [-0.2, 0) is 0 Å². The molecule has 1 saturated carbocycles. The van der Waals surface area contributed by atoms with E-state index < -0.39 is 16.0 Å². The fraction of sp³-hybridized carbons (Fsp3) is 1.00. The Hall–Kier alpha value is 0.210. The van der Waals surface area contributed by atoms with Crippen LogP contribution in [-0.4, -0.2) is 29.9 Å². The molecule has 1 rings (SSSR count). The van der Waals surface area contributed by atoms with E-state index in [-0.39, 0.29) is 11.7 Å². The first kappa shape index (κ1) is 7.32. The second-order valence-corrected chi connectivity index (χ2v) is 7.82. The van der Waals surface area contributed by atoms with Crippen LogP contribution in [0.1, 0.15) is 6.42 Å². The van der Waals surface area contributed by atoms with E-state index in [1.165, 1.54) is 0 Å². The van der Waals surface area contributed by atoms with Gasteiger partial charge in [-0.05, 0) is 18.8 Å². The maximum atomic E-state index is 12.3. The van der Waals surface area contributed by atoms with Crippen LogP contribution in [0, 0.1) is 0 Å². The average Bonchev–Trinajstić information content (AvgIpc) is 2.10. The number of halogens is 2. The molecule has 1 aliphatic carbocycles. The van der Waals surface area contributed by atoms with E-state index in [0.717, 1.165) is 0 Å². The molecular formula is C6H12F2S. The summed E-state index contributed by atoms with van der Waals surface area (Å²) in [5, 5.41) is -0.287. The van der Waals surface area contributed by atoms with Gasteiger partial charge in [0.1, 0.15) is 0 Å². The molecule has 0 spiro atoms. The molecule has 1 unspecified atom stereocenters. The zero-order valence-corrected chi connectivity index (χ0v) is 6.77. The average molecular weight is 154 g/mol. The zero-order valence-electron chi connectivity index (χ0n) is 5.95. The van der Waals surface area contributed by atoms with Gasteiger partial charge in [-0.1, -0.05) is 0 Å². The van der Waals surface area contributed by atoms with E-state index in [9.17, 15) is 8.78 Å². The standard InChI is InChI=1S/C6H12F2S/c1-9(2,3)5-4-6(5,7)8/h5H,4H2,1-3H3. The molecule has 0 amide bonds. The Labute approximate surface area is 55.9 Å². The molecule has 0 bridgehead atoms. The fourth-order valence-electron chi connectivity index (χ4n) is 0.956. The second-order valence-electron chi connectivity index (χ2n) is 3.39. The van der Waals surface area contributed by atoms with Crippen molar-refractivity contribution < 1.29 is 8.78 Å². The van der Waals surface area contributed by atoms with E-state index in [4.69, 9.17) is 0 Å². The highest BCUT2D eigenvalue weighted by Gasteiger charge is 2.60. The van der Waals surface area contributed by atoms with E-state index in [0.29, 0.717) is 0 Å². The van der Waals surface area contributed by atoms with Gasteiger partial charge in [0.15, 0.2) is 0 Å². The highest BCUT2D eigenvalue weighted by Crippen LogP contribution is 2.62. The molecular weight excluding hydrogens is 142 g/mol. The summed E-state index contributed by atoms with van der Waals surface area (Å²) < 4.78 is 24.6. The Bertz CT molecular complexity index is 126. The topological polar surface area (TPSA) is 0 Å². The molecule has 9 heavy (non-hydrogen) atoms. The molecule has 3 heteroatoms. The highest BCUT2D eigenvalue weighted by atomic mass is 32.3. The molecule has 0 nitrogen and oxygen atoms in total. The molecule has 56 valence electrons. The van der Waals surface area contributed by atoms with Gasteiger partial charge in [0.2, 0.25) is 0 Å². The quantitative estimate of drug-likeness (QED) is 0.542. The molecule has 1 atom stereocenters. The Morgan fingerprint density at radius 3 is 1.67 bits per heavy atom. The summed E-state index contributed by atoms with van der Waals surface area (Å²) in [5.41, 5.74) is 0. The lowest BCUT2D eigenvalue weighted by atomic mass is 10.8. The van der Waals surface area contributed by atoms with Gasteiger partial charge in [-0.25, -0.2) is 18.8 Å². The van der Waals surface area contributed by atoms with Gasteiger partial charge in [-0.2, -0.15) is 0 Å². The van der Waals surface area contributed by atoms with Crippen molar-refractivity contribution in [1.29, 1.82) is 0 Å². The van der Waals surface area contributed by atoms with Crippen LogP contribution in [0.5, 0.6) is 0 Å². The van der Waals surface area contributed by atoms with Crippen LogP contribution in [0.15, 0.2) is 0 Å². The first-order chi connectivity index (χ1) is 3.84. The predicted molar refractivity (Wildman–Crippen MR) is 38.7 cm³/mol. The number of hydrogen-bond acceptors (Lipinski definition) is 0. The second kappa shape index (κ2) is 1.62. The largest absolute Gasteiger partial charge is 0.259 e. The van der Waals surface area contributed by atoms with Gasteiger partial charge in [0.05, 0.1) is 5.25 Å². The molecule has 0 saturated heterocycles. The third kappa shape index (κ3) is 1.37. The van der Waals surface area contributed by atoms with Crippen LogP contribution in [0.2, 0.25) is 0 Å². The summed E-state index contributed by atoms with van der Waals surface area (Å²) in [6.07, 6.45) is 5.96. The van der Waals surface area contributed by atoms with Crippen molar-refractivity contribution in [2.24, 2.45) is 0 Å². The van der Waals surface area contributed by atoms with Gasteiger partial charge in [0, 0.05) is 6.42 Å². The molecule has 0 aliphatic heterocycles. The van der Waals surface area contributed by atoms with E-state index >= 15 is 0 Å². The van der Waals surface area contributed by atoms with Crippen molar-refractivity contribution in [3.05, 3.63) is 0 Å². The van der Waals surface area contributed by atoms with Crippen molar-refractivity contribution in [2.75, 3.05) is 18.8 Å². The third-order valence-corrected chi connectivity index (χ3v) is 3.84. The summed E-state index contributed by atoms with van der Waals surface area (Å²) in [6.45, 7) is 0. The van der Waals surface area contributed by atoms with Crippen molar-refractivity contribution in [2.45, 2.75) is 17.6 Å². The van der Waals surface area contributed by atoms with Crippen LogP contribution in [0.3, 0.4) is 0 Å². The van der Waals surface area contributed by atoms with Crippen molar-refractivity contribution in [3.8, 4) is 0 Å². The van der Waals surface area contributed by atoms with Crippen LogP contribution in [0.25, 0.3) is 0 Å². The minimum absolute atomic E-state index is 0.131. The molecule has 0 aromatic rings. The summed E-state index contributed by atoms with van der Waals surface area (Å²) in [5.74, 6) is -2.31.